The van der Waals surface area contributed by atoms with E-state index in [-0.39, 0.29) is 20.1 Å². The predicted molar refractivity (Wildman–Crippen MR) is 163 cm³/mol. The average molecular weight is 724 g/mol. The molecule has 0 saturated carbocycles. The summed E-state index contributed by atoms with van der Waals surface area (Å²) < 4.78 is 4.22. The molecule has 3 heterocycles. The molecular formula is C35H27IrN6. The second-order valence-corrected chi connectivity index (χ2v) is 9.44. The Morgan fingerprint density at radius 2 is 1.19 bits per heavy atom. The zero-order valence-corrected chi connectivity index (χ0v) is 25.8. The first-order chi connectivity index (χ1) is 20.1. The number of benzene rings is 4. The van der Waals surface area contributed by atoms with Gasteiger partial charge in [0, 0.05) is 20.3 Å². The van der Waals surface area contributed by atoms with Gasteiger partial charge in [-0.2, -0.15) is 0 Å². The maximum Gasteiger partial charge on any atom is 3.00 e. The molecule has 7 heteroatoms. The molecule has 7 aromatic rings. The monoisotopic (exact) mass is 724 g/mol. The van der Waals surface area contributed by atoms with Crippen LogP contribution < -0.4 is 0 Å². The van der Waals surface area contributed by atoms with Gasteiger partial charge in [-0.15, -0.1) is 59.7 Å². The van der Waals surface area contributed by atoms with Crippen molar-refractivity contribution in [2.24, 2.45) is 14.1 Å². The summed E-state index contributed by atoms with van der Waals surface area (Å²) in [6.45, 7) is 6.80. The number of pyridine rings is 1. The minimum atomic E-state index is 0. The molecule has 6 nitrogen and oxygen atoms in total. The van der Waals surface area contributed by atoms with Gasteiger partial charge in [-0.1, -0.05) is 54.4 Å². The van der Waals surface area contributed by atoms with E-state index < -0.39 is 0 Å². The van der Waals surface area contributed by atoms with Crippen LogP contribution in [0, 0.1) is 30.9 Å². The number of aromatic nitrogens is 5. The summed E-state index contributed by atoms with van der Waals surface area (Å²) in [6, 6.07) is 41.1. The fourth-order valence-electron chi connectivity index (χ4n) is 4.69. The maximum absolute atomic E-state index is 6.25. The van der Waals surface area contributed by atoms with Crippen LogP contribution >= 0.6 is 0 Å². The van der Waals surface area contributed by atoms with Crippen LogP contribution in [0.3, 0.4) is 0 Å². The van der Waals surface area contributed by atoms with Crippen molar-refractivity contribution in [2.75, 3.05) is 0 Å². The van der Waals surface area contributed by atoms with E-state index in [4.69, 9.17) is 21.8 Å². The predicted octanol–water partition coefficient (Wildman–Crippen LogP) is 7.55. The molecule has 42 heavy (non-hydrogen) atoms. The van der Waals surface area contributed by atoms with E-state index in [1.54, 1.807) is 6.20 Å². The Morgan fingerprint density at radius 1 is 0.643 bits per heavy atom. The van der Waals surface area contributed by atoms with Crippen LogP contribution in [0.1, 0.15) is 5.56 Å². The number of para-hydroxylation sites is 4. The van der Waals surface area contributed by atoms with Crippen LogP contribution in [-0.4, -0.2) is 24.1 Å². The van der Waals surface area contributed by atoms with Gasteiger partial charge in [-0.25, -0.2) is 0 Å². The minimum Gasteiger partial charge on any atom is -0.512 e. The number of fused-ring (bicyclic) bond motifs is 2. The first-order valence-electron chi connectivity index (χ1n) is 13.1. The zero-order chi connectivity index (χ0) is 28.8. The third-order valence-corrected chi connectivity index (χ3v) is 6.76. The van der Waals surface area contributed by atoms with E-state index >= 15 is 0 Å². The summed E-state index contributed by atoms with van der Waals surface area (Å²) in [7, 11) is 4.08. The summed E-state index contributed by atoms with van der Waals surface area (Å²) in [4.78, 5) is 13.8. The van der Waals surface area contributed by atoms with E-state index in [9.17, 15) is 0 Å². The molecule has 0 aliphatic rings. The van der Waals surface area contributed by atoms with Crippen LogP contribution in [-0.2, 0) is 34.2 Å². The molecule has 0 N–H and O–H groups in total. The van der Waals surface area contributed by atoms with E-state index in [0.29, 0.717) is 0 Å². The van der Waals surface area contributed by atoms with Crippen LogP contribution in [0.2, 0.25) is 0 Å². The molecule has 0 fully saturated rings. The average Bonchev–Trinajstić information content (AvgIpc) is 3.56. The third-order valence-electron chi connectivity index (χ3n) is 6.76. The molecule has 4 aromatic carbocycles. The Hall–Kier alpha value is -4.89. The molecule has 0 radical (unpaired) electrons. The smallest absolute Gasteiger partial charge is 0.512 e. The van der Waals surface area contributed by atoms with Gasteiger partial charge in [0.1, 0.15) is 0 Å². The molecular weight excluding hydrogens is 697 g/mol. The quantitative estimate of drug-likeness (QED) is 0.177. The van der Waals surface area contributed by atoms with E-state index in [2.05, 4.69) is 51.4 Å². The Balaban J connectivity index is 0.000000214. The molecule has 7 rings (SSSR count). The number of imidazole rings is 2. The number of aryl methyl sites for hydroxylation is 3. The van der Waals surface area contributed by atoms with Crippen molar-refractivity contribution in [3.8, 4) is 34.0 Å². The first-order valence-corrected chi connectivity index (χ1v) is 13.1. The van der Waals surface area contributed by atoms with E-state index in [0.717, 1.165) is 56.1 Å². The van der Waals surface area contributed by atoms with Crippen molar-refractivity contribution in [3.05, 3.63) is 134 Å². The molecule has 0 aliphatic heterocycles. The molecule has 0 bridgehead atoms. The molecule has 0 unspecified atom stereocenters. The number of rotatable bonds is 3. The van der Waals surface area contributed by atoms with Crippen molar-refractivity contribution < 1.29 is 20.1 Å². The van der Waals surface area contributed by atoms with Gasteiger partial charge >= 0.3 is 20.1 Å². The molecule has 0 amide bonds. The Morgan fingerprint density at radius 3 is 1.67 bits per heavy atom. The van der Waals surface area contributed by atoms with Gasteiger partial charge in [-0.05, 0) is 36.0 Å². The number of hydrogen-bond acceptors (Lipinski definition) is 4. The summed E-state index contributed by atoms with van der Waals surface area (Å²) in [6.07, 6.45) is 1.79. The van der Waals surface area contributed by atoms with E-state index in [1.165, 1.54) is 5.56 Å². The molecule has 0 saturated heterocycles. The Bertz CT molecular complexity index is 1840. The van der Waals surface area contributed by atoms with Gasteiger partial charge in [-0.3, -0.25) is 9.97 Å². The van der Waals surface area contributed by atoms with Gasteiger partial charge in [0.05, 0.1) is 33.7 Å². The largest absolute Gasteiger partial charge is 3.00 e. The molecule has 206 valence electrons. The standard InChI is InChI=1S/C22H17N4.C12H10N.CN.Ir/c1-25-19-12-5-3-10-17(19)23-21(25)15-8-7-9-16(14-15)22-24-18-11-4-6-13-20(18)26(22)2;1-10-5-7-11(8-6-10)12-4-2-3-9-13-12;1-2;/h3-13H,1-2H3;2-7,9H,1H3;;/q3*-1;+3. The van der Waals surface area contributed by atoms with Gasteiger partial charge in [0.25, 0.3) is 0 Å². The van der Waals surface area contributed by atoms with Crippen LogP contribution in [0.4, 0.5) is 0 Å². The zero-order valence-electron chi connectivity index (χ0n) is 23.4. The summed E-state index contributed by atoms with van der Waals surface area (Å²) in [5.74, 6) is 1.82. The fraction of sp³-hybridized carbons (Fsp3) is 0.0857. The molecule has 0 atom stereocenters. The number of hydrogen-bond donors (Lipinski definition) is 0. The van der Waals surface area contributed by atoms with Crippen molar-refractivity contribution >= 4 is 22.1 Å². The fourth-order valence-corrected chi connectivity index (χ4v) is 4.69. The van der Waals surface area contributed by atoms with Crippen molar-refractivity contribution in [1.29, 1.82) is 5.26 Å². The molecule has 0 spiro atoms. The van der Waals surface area contributed by atoms with Crippen LogP contribution in [0.15, 0.2) is 109 Å². The molecule has 3 aromatic heterocycles. The third kappa shape index (κ3) is 6.21. The van der Waals surface area contributed by atoms with Crippen molar-refractivity contribution in [1.82, 2.24) is 24.1 Å². The number of nitrogens with zero attached hydrogens (tertiary/aromatic N) is 6. The first kappa shape index (κ1) is 30.1. The van der Waals surface area contributed by atoms with Gasteiger partial charge < -0.3 is 26.0 Å². The van der Waals surface area contributed by atoms with E-state index in [1.807, 2.05) is 99.0 Å². The summed E-state index contributed by atoms with van der Waals surface area (Å²) in [5, 5.41) is 6.25. The second-order valence-electron chi connectivity index (χ2n) is 9.44. The summed E-state index contributed by atoms with van der Waals surface area (Å²) >= 11 is 0. The maximum atomic E-state index is 6.25. The summed E-state index contributed by atoms with van der Waals surface area (Å²) in [5.41, 5.74) is 9.39. The Kier molecular flexibility index (Phi) is 9.77. The van der Waals surface area contributed by atoms with Gasteiger partial charge in [0.15, 0.2) is 0 Å². The van der Waals surface area contributed by atoms with Gasteiger partial charge in [0.2, 0.25) is 0 Å². The second kappa shape index (κ2) is 13.6. The van der Waals surface area contributed by atoms with Crippen molar-refractivity contribution in [2.45, 2.75) is 6.92 Å². The minimum absolute atomic E-state index is 0. The van der Waals surface area contributed by atoms with Crippen molar-refractivity contribution in [3.63, 3.8) is 0 Å². The van der Waals surface area contributed by atoms with Crippen LogP contribution in [0.25, 0.3) is 56.1 Å². The normalized spacial score (nSPS) is 10.2. The topological polar surface area (TPSA) is 72.3 Å². The molecule has 0 aliphatic carbocycles. The van der Waals surface area contributed by atoms with Crippen LogP contribution in [0.5, 0.6) is 0 Å². The SMILES string of the molecule is Cc1c[c-]c(-c2ccccn2)cc1.Cn1c(-c2[c-]c(-c3nc4ccccc4n3C)ccc2)nc2ccccc21.[C-]#N.[Ir+3]. The Labute approximate surface area is 259 Å².